The van der Waals surface area contributed by atoms with Gasteiger partial charge in [-0.1, -0.05) is 20.3 Å². The lowest BCUT2D eigenvalue weighted by molar-refractivity contribution is -0.139. The molecular weight excluding hydrogens is 258 g/mol. The number of carbonyl (C=O) groups excluding carboxylic acids is 1. The minimum Gasteiger partial charge on any atom is -0.480 e. The van der Waals surface area contributed by atoms with Crippen molar-refractivity contribution < 1.29 is 14.7 Å². The van der Waals surface area contributed by atoms with Gasteiger partial charge in [-0.15, -0.1) is 0 Å². The summed E-state index contributed by atoms with van der Waals surface area (Å²) in [6, 6.07) is -0.862. The van der Waals surface area contributed by atoms with E-state index in [2.05, 4.69) is 22.6 Å². The van der Waals surface area contributed by atoms with E-state index in [-0.39, 0.29) is 5.92 Å². The number of urea groups is 1. The number of aliphatic carboxylic acids is 1. The normalized spacial score (nSPS) is 21.5. The molecule has 0 aromatic rings. The second-order valence-electron chi connectivity index (χ2n) is 6.00. The molecule has 116 valence electrons. The molecule has 20 heavy (non-hydrogen) atoms. The molecule has 0 bridgehead atoms. The van der Waals surface area contributed by atoms with Crippen molar-refractivity contribution in [3.05, 3.63) is 0 Å². The smallest absolute Gasteiger partial charge is 0.326 e. The number of amides is 2. The maximum atomic E-state index is 11.8. The van der Waals surface area contributed by atoms with Crippen LogP contribution in [0.2, 0.25) is 0 Å². The largest absolute Gasteiger partial charge is 0.480 e. The van der Waals surface area contributed by atoms with E-state index in [4.69, 9.17) is 5.11 Å². The second kappa shape index (κ2) is 8.09. The van der Waals surface area contributed by atoms with Crippen molar-refractivity contribution in [3.8, 4) is 0 Å². The van der Waals surface area contributed by atoms with Crippen molar-refractivity contribution in [3.63, 3.8) is 0 Å². The SMILES string of the molecule is CC(C)CC(NC(=O)NCC1CCCCN1C)C(=O)O. The van der Waals surface area contributed by atoms with Crippen LogP contribution >= 0.6 is 0 Å². The molecule has 0 spiro atoms. The molecule has 3 N–H and O–H groups in total. The number of nitrogens with zero attached hydrogens (tertiary/aromatic N) is 1. The van der Waals surface area contributed by atoms with Crippen LogP contribution in [0.4, 0.5) is 4.79 Å². The van der Waals surface area contributed by atoms with E-state index in [1.807, 2.05) is 13.8 Å². The van der Waals surface area contributed by atoms with E-state index < -0.39 is 18.0 Å². The summed E-state index contributed by atoms with van der Waals surface area (Å²) in [5, 5.41) is 14.4. The highest BCUT2D eigenvalue weighted by Crippen LogP contribution is 2.13. The summed E-state index contributed by atoms with van der Waals surface area (Å²) in [6.07, 6.45) is 3.90. The molecule has 1 fully saturated rings. The third-order valence-corrected chi connectivity index (χ3v) is 3.73. The molecule has 0 aromatic heterocycles. The highest BCUT2D eigenvalue weighted by Gasteiger charge is 2.23. The van der Waals surface area contributed by atoms with Gasteiger partial charge in [0, 0.05) is 12.6 Å². The molecule has 0 aliphatic carbocycles. The Bertz CT molecular complexity index is 334. The Morgan fingerprint density at radius 1 is 1.35 bits per heavy atom. The van der Waals surface area contributed by atoms with Crippen LogP contribution in [-0.2, 0) is 4.79 Å². The Labute approximate surface area is 120 Å². The van der Waals surface area contributed by atoms with Crippen molar-refractivity contribution in [2.45, 2.75) is 51.6 Å². The van der Waals surface area contributed by atoms with Gasteiger partial charge < -0.3 is 20.6 Å². The lowest BCUT2D eigenvalue weighted by atomic mass is 10.0. The van der Waals surface area contributed by atoms with Gasteiger partial charge in [0.25, 0.3) is 0 Å². The number of carboxylic acids is 1. The van der Waals surface area contributed by atoms with Gasteiger partial charge in [0.2, 0.25) is 0 Å². The summed E-state index contributed by atoms with van der Waals surface area (Å²) in [5.41, 5.74) is 0. The molecule has 0 saturated carbocycles. The molecule has 6 nitrogen and oxygen atoms in total. The molecule has 1 heterocycles. The molecule has 1 saturated heterocycles. The Morgan fingerprint density at radius 2 is 2.05 bits per heavy atom. The number of piperidine rings is 1. The van der Waals surface area contributed by atoms with Gasteiger partial charge in [0.05, 0.1) is 0 Å². The minimum atomic E-state index is -0.983. The van der Waals surface area contributed by atoms with Gasteiger partial charge in [-0.25, -0.2) is 9.59 Å². The fourth-order valence-corrected chi connectivity index (χ4v) is 2.51. The lowest BCUT2D eigenvalue weighted by Crippen LogP contribution is -2.50. The van der Waals surface area contributed by atoms with Crippen LogP contribution in [0, 0.1) is 5.92 Å². The standard InChI is InChI=1S/C14H27N3O3/c1-10(2)8-12(13(18)19)16-14(20)15-9-11-6-4-5-7-17(11)3/h10-12H,4-9H2,1-3H3,(H,18,19)(H2,15,16,20). The predicted octanol–water partition coefficient (Wildman–Crippen LogP) is 1.27. The zero-order chi connectivity index (χ0) is 15.1. The first-order valence-electron chi connectivity index (χ1n) is 7.37. The summed E-state index contributed by atoms with van der Waals surface area (Å²) in [5.74, 6) is -0.760. The molecule has 2 amide bonds. The number of rotatable bonds is 6. The van der Waals surface area contributed by atoms with E-state index in [0.29, 0.717) is 19.0 Å². The van der Waals surface area contributed by atoms with Crippen LogP contribution in [0.5, 0.6) is 0 Å². The fraction of sp³-hybridized carbons (Fsp3) is 0.857. The second-order valence-corrected chi connectivity index (χ2v) is 6.00. The Balaban J connectivity index is 2.35. The van der Waals surface area contributed by atoms with Crippen LogP contribution in [-0.4, -0.2) is 54.2 Å². The van der Waals surface area contributed by atoms with E-state index in [9.17, 15) is 9.59 Å². The molecule has 1 aliphatic heterocycles. The van der Waals surface area contributed by atoms with Gasteiger partial charge in [-0.3, -0.25) is 0 Å². The number of nitrogens with one attached hydrogen (secondary N) is 2. The summed E-state index contributed by atoms with van der Waals surface area (Å²) >= 11 is 0. The zero-order valence-corrected chi connectivity index (χ0v) is 12.7. The number of carbonyl (C=O) groups is 2. The van der Waals surface area contributed by atoms with Crippen molar-refractivity contribution in [2.24, 2.45) is 5.92 Å². The molecule has 2 atom stereocenters. The van der Waals surface area contributed by atoms with E-state index in [1.54, 1.807) is 0 Å². The first kappa shape index (κ1) is 16.8. The van der Waals surface area contributed by atoms with Crippen molar-refractivity contribution in [2.75, 3.05) is 20.1 Å². The Hall–Kier alpha value is -1.30. The minimum absolute atomic E-state index is 0.223. The van der Waals surface area contributed by atoms with Gasteiger partial charge in [0.15, 0.2) is 0 Å². The van der Waals surface area contributed by atoms with E-state index in [1.165, 1.54) is 12.8 Å². The Kier molecular flexibility index (Phi) is 6.78. The monoisotopic (exact) mass is 285 g/mol. The lowest BCUT2D eigenvalue weighted by Gasteiger charge is -2.32. The van der Waals surface area contributed by atoms with Crippen molar-refractivity contribution in [1.29, 1.82) is 0 Å². The van der Waals surface area contributed by atoms with Crippen LogP contribution in [0.3, 0.4) is 0 Å². The average Bonchev–Trinajstić information content (AvgIpc) is 2.36. The number of carboxylic acid groups (broad SMARTS) is 1. The topological polar surface area (TPSA) is 81.7 Å². The van der Waals surface area contributed by atoms with Crippen LogP contribution in [0.1, 0.15) is 39.5 Å². The highest BCUT2D eigenvalue weighted by molar-refractivity contribution is 5.82. The van der Waals surface area contributed by atoms with Crippen LogP contribution < -0.4 is 10.6 Å². The Morgan fingerprint density at radius 3 is 2.60 bits per heavy atom. The van der Waals surface area contributed by atoms with Gasteiger partial charge in [0.1, 0.15) is 6.04 Å². The quantitative estimate of drug-likeness (QED) is 0.686. The average molecular weight is 285 g/mol. The number of hydrogen-bond donors (Lipinski definition) is 3. The highest BCUT2D eigenvalue weighted by atomic mass is 16.4. The first-order chi connectivity index (χ1) is 9.40. The number of likely N-dealkylation sites (N-methyl/N-ethyl adjacent to an activating group) is 1. The third-order valence-electron chi connectivity index (χ3n) is 3.73. The summed E-state index contributed by atoms with van der Waals surface area (Å²) in [6.45, 7) is 5.49. The van der Waals surface area contributed by atoms with Gasteiger partial charge in [-0.2, -0.15) is 0 Å². The zero-order valence-electron chi connectivity index (χ0n) is 12.7. The van der Waals surface area contributed by atoms with Crippen molar-refractivity contribution in [1.82, 2.24) is 15.5 Å². The van der Waals surface area contributed by atoms with E-state index >= 15 is 0 Å². The van der Waals surface area contributed by atoms with Crippen molar-refractivity contribution >= 4 is 12.0 Å². The molecular formula is C14H27N3O3. The molecule has 1 rings (SSSR count). The number of likely N-dealkylation sites (tertiary alicyclic amines) is 1. The fourth-order valence-electron chi connectivity index (χ4n) is 2.51. The number of hydrogen-bond acceptors (Lipinski definition) is 3. The third kappa shape index (κ3) is 5.77. The molecule has 1 aliphatic rings. The van der Waals surface area contributed by atoms with Crippen LogP contribution in [0.15, 0.2) is 0 Å². The van der Waals surface area contributed by atoms with Gasteiger partial charge in [-0.05, 0) is 38.8 Å². The maximum Gasteiger partial charge on any atom is 0.326 e. The summed E-state index contributed by atoms with van der Waals surface area (Å²) in [4.78, 5) is 25.1. The molecule has 2 unspecified atom stereocenters. The molecule has 6 heteroatoms. The van der Waals surface area contributed by atoms with Crippen LogP contribution in [0.25, 0.3) is 0 Å². The molecule has 0 aromatic carbocycles. The summed E-state index contributed by atoms with van der Waals surface area (Å²) < 4.78 is 0. The summed E-state index contributed by atoms with van der Waals surface area (Å²) in [7, 11) is 2.06. The molecule has 0 radical (unpaired) electrons. The van der Waals surface area contributed by atoms with E-state index in [0.717, 1.165) is 13.0 Å². The maximum absolute atomic E-state index is 11.8. The first-order valence-corrected chi connectivity index (χ1v) is 7.37. The van der Waals surface area contributed by atoms with Gasteiger partial charge >= 0.3 is 12.0 Å². The predicted molar refractivity (Wildman–Crippen MR) is 77.7 cm³/mol.